The van der Waals surface area contributed by atoms with Gasteiger partial charge in [-0.25, -0.2) is 0 Å². The number of thioether (sulfide) groups is 1. The Bertz CT molecular complexity index is 573. The minimum Gasteiger partial charge on any atom is -0.496 e. The Kier molecular flexibility index (Phi) is 4.84. The summed E-state index contributed by atoms with van der Waals surface area (Å²) in [5, 5.41) is 9.01. The van der Waals surface area contributed by atoms with E-state index >= 15 is 0 Å². The lowest BCUT2D eigenvalue weighted by Gasteiger charge is -2.06. The molecule has 0 aliphatic carbocycles. The van der Waals surface area contributed by atoms with Crippen LogP contribution in [0.4, 0.5) is 0 Å². The molecular formula is C12H15BrN4OS. The minimum atomic E-state index is 0.401. The first kappa shape index (κ1) is 14.4. The topological polar surface area (TPSA) is 66.0 Å². The van der Waals surface area contributed by atoms with E-state index in [4.69, 9.17) is 10.5 Å². The number of methoxy groups -OCH3 is 1. The van der Waals surface area contributed by atoms with Crippen molar-refractivity contribution in [2.24, 2.45) is 12.8 Å². The highest BCUT2D eigenvalue weighted by atomic mass is 79.9. The van der Waals surface area contributed by atoms with Gasteiger partial charge in [-0.05, 0) is 33.6 Å². The number of hydrogen-bond donors (Lipinski definition) is 1. The summed E-state index contributed by atoms with van der Waals surface area (Å²) >= 11 is 5.11. The van der Waals surface area contributed by atoms with Gasteiger partial charge in [0.25, 0.3) is 0 Å². The van der Waals surface area contributed by atoms with E-state index < -0.39 is 0 Å². The molecular weight excluding hydrogens is 328 g/mol. The lowest BCUT2D eigenvalue weighted by molar-refractivity contribution is 0.412. The third-order valence-corrected chi connectivity index (χ3v) is 4.40. The zero-order chi connectivity index (χ0) is 13.8. The van der Waals surface area contributed by atoms with Gasteiger partial charge in [0, 0.05) is 12.8 Å². The Morgan fingerprint density at radius 2 is 2.21 bits per heavy atom. The molecule has 0 radical (unpaired) electrons. The molecule has 0 aliphatic rings. The maximum absolute atomic E-state index is 5.57. The van der Waals surface area contributed by atoms with Gasteiger partial charge < -0.3 is 15.0 Å². The van der Waals surface area contributed by atoms with Crippen LogP contribution in [0, 0.1) is 0 Å². The van der Waals surface area contributed by atoms with E-state index in [9.17, 15) is 0 Å². The Balaban J connectivity index is 2.06. The summed E-state index contributed by atoms with van der Waals surface area (Å²) in [5.41, 5.74) is 6.76. The molecule has 2 aromatic rings. The SMILES string of the molecule is COc1ccc(CSc2nnc(CN)n2C)cc1Br. The molecule has 2 N–H and O–H groups in total. The van der Waals surface area contributed by atoms with Crippen LogP contribution in [0.1, 0.15) is 11.4 Å². The predicted octanol–water partition coefficient (Wildman–Crippen LogP) is 2.34. The minimum absolute atomic E-state index is 0.401. The van der Waals surface area contributed by atoms with Gasteiger partial charge in [-0.3, -0.25) is 0 Å². The zero-order valence-electron chi connectivity index (χ0n) is 10.8. The number of ether oxygens (including phenoxy) is 1. The van der Waals surface area contributed by atoms with Crippen LogP contribution in [0.5, 0.6) is 5.75 Å². The lowest BCUT2D eigenvalue weighted by atomic mass is 10.2. The third kappa shape index (κ3) is 3.29. The fourth-order valence-corrected chi connectivity index (χ4v) is 3.06. The number of rotatable bonds is 5. The molecule has 0 bridgehead atoms. The molecule has 102 valence electrons. The summed E-state index contributed by atoms with van der Waals surface area (Å²) in [5.74, 6) is 2.44. The largest absolute Gasteiger partial charge is 0.496 e. The molecule has 0 fully saturated rings. The number of hydrogen-bond acceptors (Lipinski definition) is 5. The quantitative estimate of drug-likeness (QED) is 0.844. The van der Waals surface area contributed by atoms with Crippen LogP contribution in [0.2, 0.25) is 0 Å². The van der Waals surface area contributed by atoms with Crippen LogP contribution in [-0.4, -0.2) is 21.9 Å². The van der Waals surface area contributed by atoms with E-state index in [0.29, 0.717) is 6.54 Å². The molecule has 0 aliphatic heterocycles. The van der Waals surface area contributed by atoms with Crippen molar-refractivity contribution in [3.8, 4) is 5.75 Å². The lowest BCUT2D eigenvalue weighted by Crippen LogP contribution is -2.05. The number of benzene rings is 1. The maximum Gasteiger partial charge on any atom is 0.191 e. The molecule has 0 atom stereocenters. The molecule has 19 heavy (non-hydrogen) atoms. The smallest absolute Gasteiger partial charge is 0.191 e. The van der Waals surface area contributed by atoms with Gasteiger partial charge in [-0.2, -0.15) is 0 Å². The van der Waals surface area contributed by atoms with Gasteiger partial charge in [-0.1, -0.05) is 17.8 Å². The molecule has 7 heteroatoms. The average Bonchev–Trinajstić information content (AvgIpc) is 2.77. The summed E-state index contributed by atoms with van der Waals surface area (Å²) in [6.45, 7) is 0.401. The van der Waals surface area contributed by atoms with E-state index in [-0.39, 0.29) is 0 Å². The van der Waals surface area contributed by atoms with Crippen molar-refractivity contribution in [3.63, 3.8) is 0 Å². The summed E-state index contributed by atoms with van der Waals surface area (Å²) < 4.78 is 8.08. The monoisotopic (exact) mass is 342 g/mol. The first-order valence-electron chi connectivity index (χ1n) is 5.69. The van der Waals surface area contributed by atoms with E-state index in [2.05, 4.69) is 26.1 Å². The first-order chi connectivity index (χ1) is 9.15. The Morgan fingerprint density at radius 1 is 1.42 bits per heavy atom. The van der Waals surface area contributed by atoms with E-state index in [1.54, 1.807) is 18.9 Å². The number of aromatic nitrogens is 3. The van der Waals surface area contributed by atoms with Crippen molar-refractivity contribution in [1.82, 2.24) is 14.8 Å². The van der Waals surface area contributed by atoms with Crippen molar-refractivity contribution in [1.29, 1.82) is 0 Å². The van der Waals surface area contributed by atoms with Crippen LogP contribution in [-0.2, 0) is 19.3 Å². The van der Waals surface area contributed by atoms with Crippen LogP contribution >= 0.6 is 27.7 Å². The van der Waals surface area contributed by atoms with Crippen molar-refractivity contribution in [2.75, 3.05) is 7.11 Å². The van der Waals surface area contributed by atoms with E-state index in [1.807, 2.05) is 29.8 Å². The third-order valence-electron chi connectivity index (χ3n) is 2.69. The van der Waals surface area contributed by atoms with Crippen LogP contribution in [0.25, 0.3) is 0 Å². The van der Waals surface area contributed by atoms with Gasteiger partial charge in [0.1, 0.15) is 11.6 Å². The Labute approximate surface area is 124 Å². The second-order valence-corrected chi connectivity index (χ2v) is 5.72. The van der Waals surface area contributed by atoms with Crippen LogP contribution in [0.15, 0.2) is 27.8 Å². The number of halogens is 1. The molecule has 1 heterocycles. The van der Waals surface area contributed by atoms with Gasteiger partial charge in [0.2, 0.25) is 0 Å². The van der Waals surface area contributed by atoms with Gasteiger partial charge in [0.15, 0.2) is 5.16 Å². The van der Waals surface area contributed by atoms with Gasteiger partial charge in [-0.15, -0.1) is 10.2 Å². The number of nitrogens with two attached hydrogens (primary N) is 1. The van der Waals surface area contributed by atoms with Gasteiger partial charge >= 0.3 is 0 Å². The summed E-state index contributed by atoms with van der Waals surface area (Å²) in [4.78, 5) is 0. The van der Waals surface area contributed by atoms with E-state index in [0.717, 1.165) is 27.0 Å². The van der Waals surface area contributed by atoms with E-state index in [1.165, 1.54) is 5.56 Å². The summed E-state index contributed by atoms with van der Waals surface area (Å²) in [7, 11) is 3.58. The fraction of sp³-hybridized carbons (Fsp3) is 0.333. The van der Waals surface area contributed by atoms with Crippen LogP contribution in [0.3, 0.4) is 0 Å². The molecule has 0 saturated carbocycles. The second kappa shape index (κ2) is 6.40. The van der Waals surface area contributed by atoms with Crippen molar-refractivity contribution in [2.45, 2.75) is 17.5 Å². The molecule has 0 unspecified atom stereocenters. The highest BCUT2D eigenvalue weighted by molar-refractivity contribution is 9.10. The van der Waals surface area contributed by atoms with Crippen molar-refractivity contribution in [3.05, 3.63) is 34.1 Å². The molecule has 0 amide bonds. The molecule has 5 nitrogen and oxygen atoms in total. The highest BCUT2D eigenvalue weighted by Crippen LogP contribution is 2.28. The Hall–Kier alpha value is -1.05. The summed E-state index contributed by atoms with van der Waals surface area (Å²) in [6.07, 6.45) is 0. The second-order valence-electron chi connectivity index (χ2n) is 3.92. The Morgan fingerprint density at radius 3 is 2.79 bits per heavy atom. The normalized spacial score (nSPS) is 10.7. The molecule has 2 rings (SSSR count). The molecule has 0 spiro atoms. The predicted molar refractivity (Wildman–Crippen MR) is 79.1 cm³/mol. The zero-order valence-corrected chi connectivity index (χ0v) is 13.2. The average molecular weight is 343 g/mol. The van der Waals surface area contributed by atoms with Crippen molar-refractivity contribution < 1.29 is 4.74 Å². The first-order valence-corrected chi connectivity index (χ1v) is 7.47. The molecule has 0 saturated heterocycles. The maximum atomic E-state index is 5.57. The molecule has 1 aromatic heterocycles. The van der Waals surface area contributed by atoms with Gasteiger partial charge in [0.05, 0.1) is 18.1 Å². The fourth-order valence-electron chi connectivity index (χ4n) is 1.60. The number of nitrogens with zero attached hydrogens (tertiary/aromatic N) is 3. The summed E-state index contributed by atoms with van der Waals surface area (Å²) in [6, 6.07) is 6.03. The highest BCUT2D eigenvalue weighted by Gasteiger charge is 2.08. The standard InChI is InChI=1S/C12H15BrN4OS/c1-17-11(6-14)15-16-12(17)19-7-8-3-4-10(18-2)9(13)5-8/h3-5H,6-7,14H2,1-2H3. The van der Waals surface area contributed by atoms with Crippen LogP contribution < -0.4 is 10.5 Å². The van der Waals surface area contributed by atoms with Crippen molar-refractivity contribution >= 4 is 27.7 Å². The molecule has 1 aromatic carbocycles.